The van der Waals surface area contributed by atoms with E-state index < -0.39 is 0 Å². The SMILES string of the molecule is c1cnc2ccc(CC3CCN([C@@H]4CCOC4)CC3)cc2c1. The van der Waals surface area contributed by atoms with Gasteiger partial charge in [-0.2, -0.15) is 0 Å². The van der Waals surface area contributed by atoms with Gasteiger partial charge in [0.15, 0.2) is 0 Å². The van der Waals surface area contributed by atoms with Crippen molar-refractivity contribution < 1.29 is 4.74 Å². The standard InChI is InChI=1S/C19H24N2O/c1-2-17-13-16(3-4-19(17)20-8-1)12-15-5-9-21(10-6-15)18-7-11-22-14-18/h1-4,8,13,15,18H,5-7,9-12,14H2/t18-/m1/s1. The van der Waals surface area contributed by atoms with Crippen molar-refractivity contribution >= 4 is 10.9 Å². The van der Waals surface area contributed by atoms with Crippen molar-refractivity contribution in [3.63, 3.8) is 0 Å². The van der Waals surface area contributed by atoms with E-state index in [1.807, 2.05) is 12.3 Å². The van der Waals surface area contributed by atoms with E-state index in [9.17, 15) is 0 Å². The highest BCUT2D eigenvalue weighted by Crippen LogP contribution is 2.26. The molecule has 2 saturated heterocycles. The molecule has 0 bridgehead atoms. The van der Waals surface area contributed by atoms with Crippen LogP contribution in [0.4, 0.5) is 0 Å². The summed E-state index contributed by atoms with van der Waals surface area (Å²) in [6, 6.07) is 11.6. The topological polar surface area (TPSA) is 25.4 Å². The van der Waals surface area contributed by atoms with E-state index in [-0.39, 0.29) is 0 Å². The summed E-state index contributed by atoms with van der Waals surface area (Å²) in [7, 11) is 0. The lowest BCUT2D eigenvalue weighted by molar-refractivity contribution is 0.110. The summed E-state index contributed by atoms with van der Waals surface area (Å²) in [6.45, 7) is 4.39. The number of aromatic nitrogens is 1. The number of nitrogens with zero attached hydrogens (tertiary/aromatic N) is 2. The van der Waals surface area contributed by atoms with Crippen molar-refractivity contribution in [2.75, 3.05) is 26.3 Å². The number of rotatable bonds is 3. The Morgan fingerprint density at radius 3 is 2.86 bits per heavy atom. The lowest BCUT2D eigenvalue weighted by atomic mass is 9.89. The van der Waals surface area contributed by atoms with Gasteiger partial charge in [0.25, 0.3) is 0 Å². The average molecular weight is 296 g/mol. The molecule has 0 radical (unpaired) electrons. The molecule has 1 aromatic heterocycles. The number of likely N-dealkylation sites (tertiary alicyclic amines) is 1. The molecule has 2 fully saturated rings. The van der Waals surface area contributed by atoms with Gasteiger partial charge >= 0.3 is 0 Å². The van der Waals surface area contributed by atoms with Gasteiger partial charge in [0.05, 0.1) is 12.1 Å². The molecule has 1 aromatic carbocycles. The Hall–Kier alpha value is -1.45. The second-order valence-electron chi connectivity index (χ2n) is 6.73. The van der Waals surface area contributed by atoms with Crippen LogP contribution in [0.2, 0.25) is 0 Å². The Balaban J connectivity index is 1.37. The van der Waals surface area contributed by atoms with Crippen molar-refractivity contribution in [1.29, 1.82) is 0 Å². The largest absolute Gasteiger partial charge is 0.380 e. The number of piperidine rings is 1. The van der Waals surface area contributed by atoms with Crippen LogP contribution >= 0.6 is 0 Å². The minimum absolute atomic E-state index is 0.688. The van der Waals surface area contributed by atoms with Crippen LogP contribution in [0.1, 0.15) is 24.8 Å². The Labute approximate surface area is 132 Å². The quantitative estimate of drug-likeness (QED) is 0.869. The number of benzene rings is 1. The minimum Gasteiger partial charge on any atom is -0.380 e. The second-order valence-corrected chi connectivity index (χ2v) is 6.73. The van der Waals surface area contributed by atoms with E-state index in [4.69, 9.17) is 4.74 Å². The van der Waals surface area contributed by atoms with Crippen LogP contribution in [0.3, 0.4) is 0 Å². The Morgan fingerprint density at radius 1 is 1.14 bits per heavy atom. The van der Waals surface area contributed by atoms with Gasteiger partial charge in [0.2, 0.25) is 0 Å². The Kier molecular flexibility index (Phi) is 4.09. The molecule has 2 aromatic rings. The first kappa shape index (κ1) is 14.2. The Morgan fingerprint density at radius 2 is 2.05 bits per heavy atom. The lowest BCUT2D eigenvalue weighted by Crippen LogP contribution is -2.42. The number of hydrogen-bond donors (Lipinski definition) is 0. The maximum absolute atomic E-state index is 5.53. The third-order valence-corrected chi connectivity index (χ3v) is 5.26. The van der Waals surface area contributed by atoms with Gasteiger partial charge in [-0.3, -0.25) is 9.88 Å². The molecule has 0 aliphatic carbocycles. The highest BCUT2D eigenvalue weighted by molar-refractivity contribution is 5.78. The molecule has 3 heteroatoms. The van der Waals surface area contributed by atoms with Crippen LogP contribution in [0.25, 0.3) is 10.9 Å². The van der Waals surface area contributed by atoms with Crippen LogP contribution < -0.4 is 0 Å². The molecule has 1 atom stereocenters. The lowest BCUT2D eigenvalue weighted by Gasteiger charge is -2.35. The van der Waals surface area contributed by atoms with Crippen molar-refractivity contribution in [1.82, 2.24) is 9.88 Å². The van der Waals surface area contributed by atoms with Crippen molar-refractivity contribution in [3.05, 3.63) is 42.1 Å². The van der Waals surface area contributed by atoms with E-state index in [0.717, 1.165) is 24.6 Å². The zero-order valence-corrected chi connectivity index (χ0v) is 13.1. The zero-order chi connectivity index (χ0) is 14.8. The first-order valence-electron chi connectivity index (χ1n) is 8.54. The minimum atomic E-state index is 0.688. The summed E-state index contributed by atoms with van der Waals surface area (Å²) in [4.78, 5) is 7.05. The molecular weight excluding hydrogens is 272 g/mol. The fourth-order valence-corrected chi connectivity index (χ4v) is 3.92. The van der Waals surface area contributed by atoms with E-state index >= 15 is 0 Å². The molecule has 4 rings (SSSR count). The molecule has 3 heterocycles. The van der Waals surface area contributed by atoms with Gasteiger partial charge in [0, 0.05) is 24.2 Å². The number of fused-ring (bicyclic) bond motifs is 1. The van der Waals surface area contributed by atoms with Crippen molar-refractivity contribution in [2.45, 2.75) is 31.7 Å². The molecule has 2 aliphatic rings. The fourth-order valence-electron chi connectivity index (χ4n) is 3.92. The van der Waals surface area contributed by atoms with Crippen molar-refractivity contribution in [2.24, 2.45) is 5.92 Å². The number of pyridine rings is 1. The van der Waals surface area contributed by atoms with E-state index in [2.05, 4.69) is 34.1 Å². The van der Waals surface area contributed by atoms with Crippen LogP contribution in [0.15, 0.2) is 36.5 Å². The molecule has 0 saturated carbocycles. The number of hydrogen-bond acceptors (Lipinski definition) is 3. The van der Waals surface area contributed by atoms with Gasteiger partial charge in [-0.1, -0.05) is 12.1 Å². The van der Waals surface area contributed by atoms with Gasteiger partial charge in [0.1, 0.15) is 0 Å². The first-order chi connectivity index (χ1) is 10.9. The van der Waals surface area contributed by atoms with E-state index in [1.165, 1.54) is 49.7 Å². The summed E-state index contributed by atoms with van der Waals surface area (Å²) in [5.41, 5.74) is 2.56. The highest BCUT2D eigenvalue weighted by atomic mass is 16.5. The number of ether oxygens (including phenoxy) is 1. The maximum Gasteiger partial charge on any atom is 0.0702 e. The smallest absolute Gasteiger partial charge is 0.0702 e. The molecule has 116 valence electrons. The molecule has 0 amide bonds. The molecule has 0 spiro atoms. The van der Waals surface area contributed by atoms with Gasteiger partial charge < -0.3 is 4.74 Å². The van der Waals surface area contributed by atoms with Crippen LogP contribution in [-0.4, -0.2) is 42.2 Å². The van der Waals surface area contributed by atoms with Gasteiger partial charge in [-0.25, -0.2) is 0 Å². The third kappa shape index (κ3) is 3.01. The summed E-state index contributed by atoms with van der Waals surface area (Å²) in [5.74, 6) is 0.827. The van der Waals surface area contributed by atoms with E-state index in [0.29, 0.717) is 6.04 Å². The summed E-state index contributed by atoms with van der Waals surface area (Å²) in [6.07, 6.45) is 6.94. The normalized spacial score (nSPS) is 24.1. The molecule has 0 unspecified atom stereocenters. The third-order valence-electron chi connectivity index (χ3n) is 5.26. The first-order valence-corrected chi connectivity index (χ1v) is 8.54. The predicted molar refractivity (Wildman–Crippen MR) is 89.0 cm³/mol. The second kappa shape index (κ2) is 6.35. The Bertz CT molecular complexity index is 628. The monoisotopic (exact) mass is 296 g/mol. The van der Waals surface area contributed by atoms with Crippen LogP contribution in [0.5, 0.6) is 0 Å². The zero-order valence-electron chi connectivity index (χ0n) is 13.1. The molecule has 3 nitrogen and oxygen atoms in total. The average Bonchev–Trinajstić information content (AvgIpc) is 3.10. The predicted octanol–water partition coefficient (Wildman–Crippen LogP) is 3.28. The highest BCUT2D eigenvalue weighted by Gasteiger charge is 2.27. The summed E-state index contributed by atoms with van der Waals surface area (Å²) >= 11 is 0. The van der Waals surface area contributed by atoms with Crippen LogP contribution in [0, 0.1) is 5.92 Å². The fraction of sp³-hybridized carbons (Fsp3) is 0.526. The van der Waals surface area contributed by atoms with E-state index in [1.54, 1.807) is 0 Å². The molecule has 22 heavy (non-hydrogen) atoms. The van der Waals surface area contributed by atoms with Gasteiger partial charge in [-0.15, -0.1) is 0 Å². The molecular formula is C19H24N2O. The molecule has 0 N–H and O–H groups in total. The van der Waals surface area contributed by atoms with Crippen molar-refractivity contribution in [3.8, 4) is 0 Å². The maximum atomic E-state index is 5.53. The van der Waals surface area contributed by atoms with Crippen LogP contribution in [-0.2, 0) is 11.2 Å². The molecule has 2 aliphatic heterocycles. The summed E-state index contributed by atoms with van der Waals surface area (Å²) in [5, 5.41) is 1.26. The van der Waals surface area contributed by atoms with Gasteiger partial charge in [-0.05, 0) is 68.5 Å². The summed E-state index contributed by atoms with van der Waals surface area (Å²) < 4.78 is 5.53.